The molecule has 3 atom stereocenters. The molecule has 0 aliphatic carbocycles. The van der Waals surface area contributed by atoms with Gasteiger partial charge in [0.05, 0.1) is 6.42 Å². The summed E-state index contributed by atoms with van der Waals surface area (Å²) in [6.45, 7) is 0.0119. The standard InChI is InChI=1S/C20H19Cl4IN2O10S3/c1-10(28)35-7-11-8-39-17-19(37-20(24,25-32)40(2,33)34,26-13(29)6-12-4-3-5-38-12)16(31)27(17)14(11)15(30)36-9-18(21,22)23/h3-5,17H,6-9H2,1-2H3,(H,26,29)/t17-,19-,20?/m1/s1. The maximum absolute atomic E-state index is 13.8. The Hall–Kier alpha value is -0.730. The third-order valence-corrected chi connectivity index (χ3v) is 13.6. The summed E-state index contributed by atoms with van der Waals surface area (Å²) in [5, 5.41) is 2.83. The molecule has 1 saturated heterocycles. The van der Waals surface area contributed by atoms with E-state index in [9.17, 15) is 30.7 Å². The van der Waals surface area contributed by atoms with E-state index < -0.39 is 91.0 Å². The number of nitrogens with one attached hydrogen (secondary N) is 1. The Morgan fingerprint density at radius 2 is 1.93 bits per heavy atom. The third kappa shape index (κ3) is 7.42. The summed E-state index contributed by atoms with van der Waals surface area (Å²) >= 11 is 22.7. The summed E-state index contributed by atoms with van der Waals surface area (Å²) in [6.07, 6.45) is 0.448. The summed E-state index contributed by atoms with van der Waals surface area (Å²) in [4.78, 5) is 52.8. The summed E-state index contributed by atoms with van der Waals surface area (Å²) in [7, 11) is -4.41. The molecule has 1 aromatic heterocycles. The van der Waals surface area contributed by atoms with Crippen LogP contribution in [-0.4, -0.2) is 79.6 Å². The van der Waals surface area contributed by atoms with E-state index in [1.165, 1.54) is 11.3 Å². The first-order valence-corrected chi connectivity index (χ1v) is 18.0. The number of thioether (sulfide) groups is 1. The zero-order valence-electron chi connectivity index (χ0n) is 20.3. The highest BCUT2D eigenvalue weighted by Crippen LogP contribution is 2.51. The Kier molecular flexibility index (Phi) is 10.9. The first-order chi connectivity index (χ1) is 18.4. The normalized spacial score (nSPS) is 22.6. The molecular weight excluding hydrogens is 793 g/mol. The zero-order valence-corrected chi connectivity index (χ0v) is 27.9. The van der Waals surface area contributed by atoms with Crippen LogP contribution in [0.5, 0.6) is 0 Å². The largest absolute Gasteiger partial charge is 0.461 e. The number of halogens is 5. The minimum absolute atomic E-state index is 0.0770. The molecule has 3 heterocycles. The average molecular weight is 812 g/mol. The van der Waals surface area contributed by atoms with Crippen LogP contribution < -0.4 is 5.32 Å². The molecule has 40 heavy (non-hydrogen) atoms. The van der Waals surface area contributed by atoms with Crippen molar-refractivity contribution in [2.45, 2.75) is 30.6 Å². The summed E-state index contributed by atoms with van der Waals surface area (Å²) in [6, 6.07) is 3.36. The van der Waals surface area contributed by atoms with E-state index in [0.717, 1.165) is 23.6 Å². The van der Waals surface area contributed by atoms with Crippen LogP contribution in [0.1, 0.15) is 11.8 Å². The number of fused-ring (bicyclic) bond motifs is 1. The quantitative estimate of drug-likeness (QED) is 0.115. The molecular formula is C20H19Cl4IN2O10S3. The van der Waals surface area contributed by atoms with E-state index in [0.29, 0.717) is 11.1 Å². The van der Waals surface area contributed by atoms with Crippen molar-refractivity contribution >= 4 is 124 Å². The Morgan fingerprint density at radius 3 is 2.45 bits per heavy atom. The van der Waals surface area contributed by atoms with Crippen LogP contribution in [0.4, 0.5) is 0 Å². The number of esters is 2. The first kappa shape index (κ1) is 33.8. The minimum atomic E-state index is -4.41. The van der Waals surface area contributed by atoms with Gasteiger partial charge in [0.15, 0.2) is 0 Å². The van der Waals surface area contributed by atoms with Crippen molar-refractivity contribution in [1.82, 2.24) is 10.2 Å². The highest BCUT2D eigenvalue weighted by Gasteiger charge is 2.70. The topological polar surface area (TPSA) is 162 Å². The molecule has 0 radical (unpaired) electrons. The summed E-state index contributed by atoms with van der Waals surface area (Å²) < 4.78 is 47.7. The highest BCUT2D eigenvalue weighted by molar-refractivity contribution is 14.1. The van der Waals surface area contributed by atoms with Crippen molar-refractivity contribution in [3.63, 3.8) is 0 Å². The predicted molar refractivity (Wildman–Crippen MR) is 156 cm³/mol. The third-order valence-electron chi connectivity index (χ3n) is 5.16. The molecule has 0 saturated carbocycles. The lowest BCUT2D eigenvalue weighted by Gasteiger charge is -2.57. The highest BCUT2D eigenvalue weighted by atomic mass is 127. The van der Waals surface area contributed by atoms with Gasteiger partial charge in [0.1, 0.15) is 24.3 Å². The second kappa shape index (κ2) is 12.9. The summed E-state index contributed by atoms with van der Waals surface area (Å²) in [5.41, 5.74) is -2.72. The number of carbonyl (C=O) groups excluding carboxylic acids is 4. The number of amides is 2. The minimum Gasteiger partial charge on any atom is -0.461 e. The van der Waals surface area contributed by atoms with Crippen molar-refractivity contribution in [3.8, 4) is 0 Å². The van der Waals surface area contributed by atoms with Crippen LogP contribution in [-0.2, 0) is 52.7 Å². The molecule has 1 aromatic rings. The summed E-state index contributed by atoms with van der Waals surface area (Å²) in [5.74, 6) is -3.77. The molecule has 20 heteroatoms. The molecule has 3 rings (SSSR count). The fourth-order valence-corrected chi connectivity index (χ4v) is 7.66. The number of hydrogen-bond acceptors (Lipinski definition) is 12. The van der Waals surface area contributed by atoms with Gasteiger partial charge in [0.25, 0.3) is 11.6 Å². The van der Waals surface area contributed by atoms with Crippen LogP contribution in [0.2, 0.25) is 0 Å². The Balaban J connectivity index is 2.05. The van der Waals surface area contributed by atoms with Gasteiger partial charge in [-0.05, 0) is 11.4 Å². The molecule has 0 bridgehead atoms. The van der Waals surface area contributed by atoms with Crippen molar-refractivity contribution in [3.05, 3.63) is 33.7 Å². The SMILES string of the molecule is CC(=O)OCC1=C(C(=O)OCC(Cl)(Cl)Cl)N2C(=O)[C@@](NC(=O)Cc3cccs3)(OC(Cl)(I=O)S(C)(=O)=O)[C@H]2SC1. The molecule has 2 amide bonds. The number of alkyl halides is 5. The molecule has 1 unspecified atom stereocenters. The van der Waals surface area contributed by atoms with Gasteiger partial charge in [-0.2, -0.15) is 0 Å². The van der Waals surface area contributed by atoms with E-state index in [1.54, 1.807) is 17.5 Å². The van der Waals surface area contributed by atoms with Gasteiger partial charge in [-0.25, -0.2) is 13.2 Å². The van der Waals surface area contributed by atoms with Crippen molar-refractivity contribution in [2.24, 2.45) is 0 Å². The maximum atomic E-state index is 13.8. The lowest BCUT2D eigenvalue weighted by atomic mass is 9.98. The second-order valence-electron chi connectivity index (χ2n) is 8.22. The smallest absolute Gasteiger partial charge is 0.355 e. The number of rotatable bonds is 11. The first-order valence-electron chi connectivity index (χ1n) is 10.7. The monoisotopic (exact) mass is 810 g/mol. The molecule has 12 nitrogen and oxygen atoms in total. The van der Waals surface area contributed by atoms with E-state index in [1.807, 2.05) is 0 Å². The number of β-lactam (4-membered cyclic amide) rings is 1. The van der Waals surface area contributed by atoms with Crippen molar-refractivity contribution < 1.29 is 44.9 Å². The van der Waals surface area contributed by atoms with Gasteiger partial charge in [-0.1, -0.05) is 52.5 Å². The lowest BCUT2D eigenvalue weighted by Crippen LogP contribution is -2.82. The molecule has 1 fully saturated rings. The number of ether oxygens (including phenoxy) is 3. The van der Waals surface area contributed by atoms with Crippen LogP contribution >= 0.6 is 90.7 Å². The number of hydrogen-bond donors (Lipinski definition) is 1. The van der Waals surface area contributed by atoms with Crippen LogP contribution in [0.15, 0.2) is 28.8 Å². The molecule has 222 valence electrons. The van der Waals surface area contributed by atoms with Gasteiger partial charge in [-0.3, -0.25) is 27.1 Å². The fourth-order valence-electron chi connectivity index (χ4n) is 3.49. The molecule has 2 aliphatic rings. The van der Waals surface area contributed by atoms with Crippen molar-refractivity contribution in [2.75, 3.05) is 25.2 Å². The van der Waals surface area contributed by atoms with Gasteiger partial charge in [-0.15, -0.1) is 23.1 Å². The van der Waals surface area contributed by atoms with Gasteiger partial charge >= 0.3 is 14.3 Å². The number of nitrogens with zero attached hydrogens (tertiary/aromatic N) is 1. The molecule has 2 aliphatic heterocycles. The Bertz CT molecular complexity index is 1350. The van der Waals surface area contributed by atoms with E-state index in [2.05, 4.69) is 5.32 Å². The van der Waals surface area contributed by atoms with Gasteiger partial charge in [0, 0.05) is 29.4 Å². The predicted octanol–water partition coefficient (Wildman–Crippen LogP) is 2.98. The van der Waals surface area contributed by atoms with E-state index >= 15 is 0 Å². The van der Waals surface area contributed by atoms with Gasteiger partial charge in [0.2, 0.25) is 40.7 Å². The molecule has 0 spiro atoms. The number of carbonyl (C=O) groups is 4. The van der Waals surface area contributed by atoms with E-state index in [-0.39, 0.29) is 17.7 Å². The Labute approximate surface area is 266 Å². The average Bonchev–Trinajstić information content (AvgIpc) is 3.36. The molecule has 0 aromatic carbocycles. The second-order valence-corrected chi connectivity index (χ2v) is 19.0. The fraction of sp³-hybridized carbons (Fsp3) is 0.500. The maximum Gasteiger partial charge on any atom is 0.355 e. The van der Waals surface area contributed by atoms with Crippen molar-refractivity contribution in [1.29, 1.82) is 0 Å². The zero-order chi connectivity index (χ0) is 30.1. The lowest BCUT2D eigenvalue weighted by molar-refractivity contribution is -0.198. The van der Waals surface area contributed by atoms with Gasteiger partial charge < -0.3 is 14.8 Å². The van der Waals surface area contributed by atoms with Crippen LogP contribution in [0.25, 0.3) is 0 Å². The number of sulfone groups is 1. The Morgan fingerprint density at radius 1 is 1.25 bits per heavy atom. The number of thiophene rings is 1. The van der Waals surface area contributed by atoms with Crippen LogP contribution in [0, 0.1) is 0 Å². The van der Waals surface area contributed by atoms with Crippen LogP contribution in [0.3, 0.4) is 0 Å². The van der Waals surface area contributed by atoms with E-state index in [4.69, 9.17) is 60.6 Å². The molecule has 1 N–H and O–H groups in total.